The fraction of sp³-hybridized carbons (Fsp3) is 0.364. The number of pyridine rings is 1. The van der Waals surface area contributed by atoms with Gasteiger partial charge < -0.3 is 4.98 Å². The molecule has 0 aromatic carbocycles. The molecule has 15 heavy (non-hydrogen) atoms. The molecule has 2 rings (SSSR count). The van der Waals surface area contributed by atoms with Crippen LogP contribution in [0.25, 0.3) is 11.5 Å². The predicted molar refractivity (Wildman–Crippen MR) is 62.7 cm³/mol. The number of rotatable bonds is 1. The van der Waals surface area contributed by atoms with Crippen LogP contribution in [0.2, 0.25) is 0 Å². The number of aromatic amines is 1. The van der Waals surface area contributed by atoms with Crippen LogP contribution in [0.1, 0.15) is 31.0 Å². The summed E-state index contributed by atoms with van der Waals surface area (Å²) < 4.78 is 0.668. The monoisotopic (exact) mass is 219 g/mol. The number of aryl methyl sites for hydroxylation is 1. The minimum atomic E-state index is 0.387. The molecule has 2 aliphatic rings. The van der Waals surface area contributed by atoms with Gasteiger partial charge in [-0.15, -0.1) is 0 Å². The topological polar surface area (TPSA) is 41.6 Å². The summed E-state index contributed by atoms with van der Waals surface area (Å²) in [6.07, 6.45) is 1.80. The van der Waals surface area contributed by atoms with E-state index in [0.717, 1.165) is 22.8 Å². The molecule has 4 heteroatoms. The van der Waals surface area contributed by atoms with Crippen molar-refractivity contribution in [3.05, 3.63) is 28.2 Å². The third-order valence-corrected chi connectivity index (χ3v) is 2.66. The molecule has 0 fully saturated rings. The zero-order valence-electron chi connectivity index (χ0n) is 9.03. The highest BCUT2D eigenvalue weighted by atomic mass is 32.1. The summed E-state index contributed by atoms with van der Waals surface area (Å²) in [4.78, 5) is 11.8. The second kappa shape index (κ2) is 3.70. The fourth-order valence-corrected chi connectivity index (χ4v) is 1.88. The van der Waals surface area contributed by atoms with E-state index in [2.05, 4.69) is 28.8 Å². The van der Waals surface area contributed by atoms with E-state index in [1.165, 1.54) is 0 Å². The van der Waals surface area contributed by atoms with Crippen LogP contribution < -0.4 is 0 Å². The molecule has 78 valence electrons. The minimum absolute atomic E-state index is 0.387. The zero-order chi connectivity index (χ0) is 11.0. The molecule has 0 radical (unpaired) electrons. The summed E-state index contributed by atoms with van der Waals surface area (Å²) in [7, 11) is 0. The Hall–Kier alpha value is -1.29. The van der Waals surface area contributed by atoms with Crippen molar-refractivity contribution in [2.75, 3.05) is 0 Å². The van der Waals surface area contributed by atoms with Gasteiger partial charge in [0.15, 0.2) is 5.82 Å². The third kappa shape index (κ3) is 1.90. The number of aromatic nitrogens is 3. The van der Waals surface area contributed by atoms with Crippen molar-refractivity contribution < 1.29 is 0 Å². The maximum absolute atomic E-state index is 5.24. The van der Waals surface area contributed by atoms with Crippen molar-refractivity contribution in [2.24, 2.45) is 0 Å². The number of H-pyrrole nitrogens is 1. The summed E-state index contributed by atoms with van der Waals surface area (Å²) in [6.45, 7) is 6.17. The molecular formula is C11H13N3S. The molecule has 0 saturated heterocycles. The van der Waals surface area contributed by atoms with Crippen LogP contribution in [0.4, 0.5) is 0 Å². The second-order valence-corrected chi connectivity index (χ2v) is 4.36. The lowest BCUT2D eigenvalue weighted by molar-refractivity contribution is 0.848. The van der Waals surface area contributed by atoms with E-state index in [1.54, 1.807) is 6.20 Å². The Morgan fingerprint density at radius 1 is 1.40 bits per heavy atom. The Bertz CT molecular complexity index is 516. The first-order valence-corrected chi connectivity index (χ1v) is 5.35. The van der Waals surface area contributed by atoms with Crippen LogP contribution in [-0.2, 0) is 0 Å². The molecule has 1 N–H and O–H groups in total. The highest BCUT2D eigenvalue weighted by Gasteiger charge is 2.10. The molecule has 0 aromatic rings. The number of fused-ring (bicyclic) bond motifs is 1. The van der Waals surface area contributed by atoms with Crippen LogP contribution in [0.3, 0.4) is 0 Å². The highest BCUT2D eigenvalue weighted by Crippen LogP contribution is 2.22. The van der Waals surface area contributed by atoms with E-state index in [0.29, 0.717) is 10.6 Å². The van der Waals surface area contributed by atoms with Crippen LogP contribution in [0.15, 0.2) is 12.3 Å². The summed E-state index contributed by atoms with van der Waals surface area (Å²) in [5.74, 6) is 1.15. The quantitative estimate of drug-likeness (QED) is 0.749. The molecule has 0 aliphatic carbocycles. The molecular weight excluding hydrogens is 206 g/mol. The van der Waals surface area contributed by atoms with Gasteiger partial charge in [0.2, 0.25) is 0 Å². The smallest absolute Gasteiger partial charge is 0.157 e. The molecule has 0 bridgehead atoms. The van der Waals surface area contributed by atoms with Crippen molar-refractivity contribution in [3.8, 4) is 11.5 Å². The van der Waals surface area contributed by atoms with E-state index in [4.69, 9.17) is 12.2 Å². The van der Waals surface area contributed by atoms with Crippen LogP contribution in [0, 0.1) is 11.6 Å². The molecule has 0 aromatic heterocycles. The average molecular weight is 219 g/mol. The number of hydrogen-bond donors (Lipinski definition) is 1. The summed E-state index contributed by atoms with van der Waals surface area (Å²) in [5, 5.41) is 0. The van der Waals surface area contributed by atoms with Gasteiger partial charge in [-0.1, -0.05) is 26.1 Å². The number of hydrogen-bond acceptors (Lipinski definition) is 3. The number of nitrogens with zero attached hydrogens (tertiary/aromatic N) is 2. The lowest BCUT2D eigenvalue weighted by Gasteiger charge is -2.10. The molecule has 3 nitrogen and oxygen atoms in total. The predicted octanol–water partition coefficient (Wildman–Crippen LogP) is 3.07. The van der Waals surface area contributed by atoms with Gasteiger partial charge in [-0.25, -0.2) is 4.98 Å². The summed E-state index contributed by atoms with van der Waals surface area (Å²) in [5.41, 5.74) is 2.95. The van der Waals surface area contributed by atoms with E-state index >= 15 is 0 Å². The van der Waals surface area contributed by atoms with Crippen LogP contribution >= 0.6 is 12.2 Å². The first-order valence-electron chi connectivity index (χ1n) is 4.94. The maximum Gasteiger partial charge on any atom is 0.157 e. The first-order chi connectivity index (χ1) is 7.08. The van der Waals surface area contributed by atoms with Crippen LogP contribution in [0.5, 0.6) is 0 Å². The van der Waals surface area contributed by atoms with Crippen molar-refractivity contribution in [3.63, 3.8) is 0 Å². The Kier molecular flexibility index (Phi) is 2.52. The lowest BCUT2D eigenvalue weighted by atomic mass is 10.0. The van der Waals surface area contributed by atoms with Crippen molar-refractivity contribution in [1.29, 1.82) is 0 Å². The van der Waals surface area contributed by atoms with Gasteiger partial charge in [-0.05, 0) is 24.5 Å². The van der Waals surface area contributed by atoms with Gasteiger partial charge >= 0.3 is 0 Å². The van der Waals surface area contributed by atoms with Gasteiger partial charge in [-0.3, -0.25) is 4.98 Å². The van der Waals surface area contributed by atoms with Crippen molar-refractivity contribution >= 4 is 12.2 Å². The highest BCUT2D eigenvalue weighted by molar-refractivity contribution is 7.71. The van der Waals surface area contributed by atoms with Gasteiger partial charge in [0.1, 0.15) is 10.3 Å². The Morgan fingerprint density at radius 2 is 2.13 bits per heavy atom. The SMILES string of the molecule is Cc1cnc2cc(C(C)C)c(=S)nc-2[nH]1. The normalized spacial score (nSPS) is 11.2. The summed E-state index contributed by atoms with van der Waals surface area (Å²) in [6, 6.07) is 2.02. The fourth-order valence-electron chi connectivity index (χ4n) is 1.49. The Labute approximate surface area is 93.9 Å². The van der Waals surface area contributed by atoms with E-state index in [-0.39, 0.29) is 0 Å². The zero-order valence-corrected chi connectivity index (χ0v) is 9.85. The average Bonchev–Trinajstić information content (AvgIpc) is 2.15. The van der Waals surface area contributed by atoms with E-state index in [9.17, 15) is 0 Å². The first kappa shape index (κ1) is 10.2. The van der Waals surface area contributed by atoms with Crippen molar-refractivity contribution in [2.45, 2.75) is 26.7 Å². The van der Waals surface area contributed by atoms with Gasteiger partial charge in [-0.2, -0.15) is 0 Å². The van der Waals surface area contributed by atoms with Gasteiger partial charge in [0, 0.05) is 11.9 Å². The lowest BCUT2D eigenvalue weighted by Crippen LogP contribution is -2.01. The third-order valence-electron chi connectivity index (χ3n) is 2.33. The largest absolute Gasteiger partial charge is 0.341 e. The number of nitrogens with one attached hydrogen (secondary N) is 1. The van der Waals surface area contributed by atoms with E-state index < -0.39 is 0 Å². The summed E-state index contributed by atoms with van der Waals surface area (Å²) >= 11 is 5.24. The molecule has 0 atom stereocenters. The van der Waals surface area contributed by atoms with E-state index in [1.807, 2.05) is 13.0 Å². The van der Waals surface area contributed by atoms with Gasteiger partial charge in [0.25, 0.3) is 0 Å². The van der Waals surface area contributed by atoms with Gasteiger partial charge in [0.05, 0.1) is 0 Å². The second-order valence-electron chi connectivity index (χ2n) is 3.97. The molecule has 0 saturated carbocycles. The molecule has 0 spiro atoms. The standard InChI is InChI=1S/C11H13N3S/c1-6(2)8-4-9-10(14-11(8)15)13-7(3)5-12-9/h4-6H,1-3H3,(H,13,14,15). The molecule has 2 aliphatic heterocycles. The molecule has 0 amide bonds. The van der Waals surface area contributed by atoms with Crippen LogP contribution in [-0.4, -0.2) is 15.0 Å². The minimum Gasteiger partial charge on any atom is -0.341 e. The van der Waals surface area contributed by atoms with Crippen molar-refractivity contribution in [1.82, 2.24) is 15.0 Å². The molecule has 0 unspecified atom stereocenters. The molecule has 2 heterocycles. The Morgan fingerprint density at radius 3 is 2.80 bits per heavy atom. The maximum atomic E-state index is 5.24. The Balaban J connectivity index is 2.73.